The van der Waals surface area contributed by atoms with Gasteiger partial charge in [0.1, 0.15) is 5.82 Å². The van der Waals surface area contributed by atoms with Crippen LogP contribution >= 0.6 is 11.8 Å². The Hall–Kier alpha value is -0.790. The molecule has 1 saturated heterocycles. The van der Waals surface area contributed by atoms with Gasteiger partial charge in [-0.15, -0.1) is 0 Å². The third-order valence-electron chi connectivity index (χ3n) is 3.69. The summed E-state index contributed by atoms with van der Waals surface area (Å²) in [5.41, 5.74) is 5.66. The van der Waals surface area contributed by atoms with Crippen molar-refractivity contribution < 1.29 is 12.8 Å². The molecular formula is C13H19FN2O2S2. The lowest BCUT2D eigenvalue weighted by atomic mass is 10.2. The number of sulfonamides is 1. The third kappa shape index (κ3) is 2.66. The van der Waals surface area contributed by atoms with Crippen molar-refractivity contribution in [2.24, 2.45) is 0 Å². The van der Waals surface area contributed by atoms with Crippen LogP contribution in [-0.4, -0.2) is 36.3 Å². The zero-order valence-electron chi connectivity index (χ0n) is 11.8. The highest BCUT2D eigenvalue weighted by molar-refractivity contribution is 8.00. The summed E-state index contributed by atoms with van der Waals surface area (Å²) in [5, 5.41) is 0.234. The second-order valence-corrected chi connectivity index (χ2v) is 8.45. The van der Waals surface area contributed by atoms with Gasteiger partial charge in [0.05, 0.1) is 10.6 Å². The number of benzene rings is 1. The average molecular weight is 318 g/mol. The van der Waals surface area contributed by atoms with E-state index >= 15 is 0 Å². The molecule has 112 valence electrons. The first kappa shape index (κ1) is 15.6. The van der Waals surface area contributed by atoms with Crippen LogP contribution in [0.2, 0.25) is 0 Å². The summed E-state index contributed by atoms with van der Waals surface area (Å²) < 4.78 is 40.4. The maximum atomic E-state index is 13.5. The van der Waals surface area contributed by atoms with Gasteiger partial charge in [0.2, 0.25) is 10.0 Å². The summed E-state index contributed by atoms with van der Waals surface area (Å²) in [7, 11) is -3.63. The molecule has 1 heterocycles. The fraction of sp³-hybridized carbons (Fsp3) is 0.538. The smallest absolute Gasteiger partial charge is 0.243 e. The Kier molecular flexibility index (Phi) is 4.32. The maximum Gasteiger partial charge on any atom is 0.243 e. The first-order valence-corrected chi connectivity index (χ1v) is 8.93. The number of hydrogen-bond donors (Lipinski definition) is 1. The number of nitrogens with two attached hydrogens (primary N) is 1. The van der Waals surface area contributed by atoms with Gasteiger partial charge in [0.15, 0.2) is 0 Å². The van der Waals surface area contributed by atoms with Gasteiger partial charge >= 0.3 is 0 Å². The highest BCUT2D eigenvalue weighted by Crippen LogP contribution is 2.31. The van der Waals surface area contributed by atoms with Gasteiger partial charge in [-0.05, 0) is 31.5 Å². The van der Waals surface area contributed by atoms with Crippen LogP contribution in [0.25, 0.3) is 0 Å². The van der Waals surface area contributed by atoms with Gasteiger partial charge < -0.3 is 5.73 Å². The van der Waals surface area contributed by atoms with E-state index in [0.29, 0.717) is 6.54 Å². The number of nitrogens with zero attached hydrogens (tertiary/aromatic N) is 1. The van der Waals surface area contributed by atoms with Crippen molar-refractivity contribution in [3.63, 3.8) is 0 Å². The lowest BCUT2D eigenvalue weighted by Crippen LogP contribution is -2.47. The van der Waals surface area contributed by atoms with Crippen LogP contribution in [0.3, 0.4) is 0 Å². The van der Waals surface area contributed by atoms with Gasteiger partial charge in [-0.25, -0.2) is 12.8 Å². The molecule has 0 spiro atoms. The van der Waals surface area contributed by atoms with Crippen molar-refractivity contribution in [2.75, 3.05) is 18.0 Å². The number of rotatable bonds is 2. The van der Waals surface area contributed by atoms with E-state index in [9.17, 15) is 12.8 Å². The molecule has 2 N–H and O–H groups in total. The predicted molar refractivity (Wildman–Crippen MR) is 80.8 cm³/mol. The minimum absolute atomic E-state index is 0.0693. The van der Waals surface area contributed by atoms with Gasteiger partial charge in [0.25, 0.3) is 0 Å². The SMILES string of the molecule is Cc1cc(S(=O)(=O)N2CCSC(C)C2C)cc(N)c1F. The Balaban J connectivity index is 2.45. The Morgan fingerprint density at radius 1 is 1.40 bits per heavy atom. The highest BCUT2D eigenvalue weighted by atomic mass is 32.2. The van der Waals surface area contributed by atoms with Crippen molar-refractivity contribution in [3.05, 3.63) is 23.5 Å². The largest absolute Gasteiger partial charge is 0.396 e. The quantitative estimate of drug-likeness (QED) is 0.849. The molecule has 7 heteroatoms. The first-order chi connectivity index (χ1) is 9.25. The number of halogens is 1. The predicted octanol–water partition coefficient (Wildman–Crippen LogP) is 2.23. The minimum atomic E-state index is -3.63. The van der Waals surface area contributed by atoms with Gasteiger partial charge in [-0.2, -0.15) is 16.1 Å². The molecule has 2 rings (SSSR count). The molecule has 0 bridgehead atoms. The number of nitrogen functional groups attached to an aromatic ring is 1. The molecule has 1 aromatic carbocycles. The summed E-state index contributed by atoms with van der Waals surface area (Å²) >= 11 is 1.76. The molecule has 0 radical (unpaired) electrons. The molecule has 20 heavy (non-hydrogen) atoms. The molecular weight excluding hydrogens is 299 g/mol. The molecule has 1 aliphatic rings. The summed E-state index contributed by atoms with van der Waals surface area (Å²) in [6.45, 7) is 5.90. The van der Waals surface area contributed by atoms with E-state index in [4.69, 9.17) is 5.73 Å². The topological polar surface area (TPSA) is 63.4 Å². The molecule has 2 atom stereocenters. The van der Waals surface area contributed by atoms with E-state index in [-0.39, 0.29) is 27.4 Å². The van der Waals surface area contributed by atoms with Crippen molar-refractivity contribution in [1.29, 1.82) is 0 Å². The molecule has 0 aromatic heterocycles. The van der Waals surface area contributed by atoms with Gasteiger partial charge in [-0.1, -0.05) is 6.92 Å². The Morgan fingerprint density at radius 3 is 2.65 bits per heavy atom. The number of anilines is 1. The fourth-order valence-electron chi connectivity index (χ4n) is 2.29. The fourth-order valence-corrected chi connectivity index (χ4v) is 5.41. The average Bonchev–Trinajstić information content (AvgIpc) is 2.38. The summed E-state index contributed by atoms with van der Waals surface area (Å²) in [5.74, 6) is 0.208. The normalized spacial score (nSPS) is 24.8. The monoisotopic (exact) mass is 318 g/mol. The van der Waals surface area contributed by atoms with Crippen molar-refractivity contribution in [1.82, 2.24) is 4.31 Å². The Morgan fingerprint density at radius 2 is 2.05 bits per heavy atom. The van der Waals surface area contributed by atoms with Crippen molar-refractivity contribution >= 4 is 27.5 Å². The molecule has 1 fully saturated rings. The van der Waals surface area contributed by atoms with E-state index in [2.05, 4.69) is 0 Å². The molecule has 1 aromatic rings. The lowest BCUT2D eigenvalue weighted by molar-refractivity contribution is 0.340. The van der Waals surface area contributed by atoms with Crippen LogP contribution in [0, 0.1) is 12.7 Å². The summed E-state index contributed by atoms with van der Waals surface area (Å²) in [6, 6.07) is 2.46. The zero-order valence-corrected chi connectivity index (χ0v) is 13.4. The van der Waals surface area contributed by atoms with Gasteiger partial charge in [0, 0.05) is 23.6 Å². The van der Waals surface area contributed by atoms with E-state index in [1.54, 1.807) is 11.8 Å². The number of aryl methyl sites for hydroxylation is 1. The van der Waals surface area contributed by atoms with Crippen LogP contribution in [-0.2, 0) is 10.0 Å². The van der Waals surface area contributed by atoms with Crippen molar-refractivity contribution in [3.8, 4) is 0 Å². The summed E-state index contributed by atoms with van der Waals surface area (Å²) in [6.07, 6.45) is 0. The second-order valence-electron chi connectivity index (χ2n) is 5.08. The molecule has 0 saturated carbocycles. The first-order valence-electron chi connectivity index (χ1n) is 6.44. The molecule has 4 nitrogen and oxygen atoms in total. The van der Waals surface area contributed by atoms with E-state index in [1.807, 2.05) is 13.8 Å². The highest BCUT2D eigenvalue weighted by Gasteiger charge is 2.35. The standard InChI is InChI=1S/C13H19FN2O2S2/c1-8-6-11(7-12(15)13(8)14)20(17,18)16-4-5-19-10(3)9(16)2/h6-7,9-10H,4-5,15H2,1-3H3. The molecule has 2 unspecified atom stereocenters. The minimum Gasteiger partial charge on any atom is -0.396 e. The second kappa shape index (κ2) is 5.54. The van der Waals surface area contributed by atoms with Gasteiger partial charge in [-0.3, -0.25) is 0 Å². The maximum absolute atomic E-state index is 13.5. The molecule has 0 aliphatic carbocycles. The number of thioether (sulfide) groups is 1. The lowest BCUT2D eigenvalue weighted by Gasteiger charge is -2.36. The van der Waals surface area contributed by atoms with E-state index in [0.717, 1.165) is 5.75 Å². The van der Waals surface area contributed by atoms with Crippen LogP contribution in [0.4, 0.5) is 10.1 Å². The Bertz CT molecular complexity index is 596. The number of hydrogen-bond acceptors (Lipinski definition) is 4. The Labute approximate surface area is 123 Å². The van der Waals surface area contributed by atoms with Crippen LogP contribution in [0.5, 0.6) is 0 Å². The van der Waals surface area contributed by atoms with Crippen LogP contribution in [0.15, 0.2) is 17.0 Å². The zero-order chi connectivity index (χ0) is 15.1. The molecule has 1 aliphatic heterocycles. The molecule has 0 amide bonds. The van der Waals surface area contributed by atoms with Crippen LogP contribution in [0.1, 0.15) is 19.4 Å². The van der Waals surface area contributed by atoms with E-state index < -0.39 is 15.8 Å². The van der Waals surface area contributed by atoms with Crippen LogP contribution < -0.4 is 5.73 Å². The third-order valence-corrected chi connectivity index (χ3v) is 6.99. The van der Waals surface area contributed by atoms with Crippen molar-refractivity contribution in [2.45, 2.75) is 37.0 Å². The summed E-state index contributed by atoms with van der Waals surface area (Å²) in [4.78, 5) is 0.0693. The van der Waals surface area contributed by atoms with E-state index in [1.165, 1.54) is 23.4 Å².